The minimum absolute atomic E-state index is 0.153. The first-order valence-electron chi connectivity index (χ1n) is 5.10. The van der Waals surface area contributed by atoms with Crippen molar-refractivity contribution in [2.24, 2.45) is 13.0 Å². The summed E-state index contributed by atoms with van der Waals surface area (Å²) in [6.45, 7) is 0. The average molecular weight is 223 g/mol. The number of aromatic nitrogens is 4. The Morgan fingerprint density at radius 2 is 2.27 bits per heavy atom. The Labute approximate surface area is 92.8 Å². The highest BCUT2D eigenvalue weighted by molar-refractivity contribution is 7.99. The maximum Gasteiger partial charge on any atom is 0.209 e. The third-order valence-corrected chi connectivity index (χ3v) is 4.13. The van der Waals surface area contributed by atoms with Crippen molar-refractivity contribution in [1.82, 2.24) is 20.2 Å². The van der Waals surface area contributed by atoms with Gasteiger partial charge in [-0.25, -0.2) is 4.68 Å². The zero-order chi connectivity index (χ0) is 10.7. The minimum Gasteiger partial charge on any atom is -0.224 e. The number of hydrogen-bond acceptors (Lipinski definition) is 5. The predicted octanol–water partition coefficient (Wildman–Crippen LogP) is 1.38. The highest BCUT2D eigenvalue weighted by Crippen LogP contribution is 2.35. The smallest absolute Gasteiger partial charge is 0.209 e. The number of hydrogen-bond donors (Lipinski definition) is 0. The maximum absolute atomic E-state index is 9.04. The summed E-state index contributed by atoms with van der Waals surface area (Å²) >= 11 is 1.63. The van der Waals surface area contributed by atoms with Gasteiger partial charge in [-0.15, -0.1) is 5.10 Å². The summed E-state index contributed by atoms with van der Waals surface area (Å²) in [7, 11) is 1.83. The topological polar surface area (TPSA) is 67.4 Å². The normalized spacial score (nSPS) is 26.1. The minimum atomic E-state index is 0.153. The van der Waals surface area contributed by atoms with E-state index in [9.17, 15) is 0 Å². The lowest BCUT2D eigenvalue weighted by atomic mass is 9.90. The van der Waals surface area contributed by atoms with Crippen molar-refractivity contribution in [2.45, 2.75) is 36.1 Å². The van der Waals surface area contributed by atoms with E-state index in [1.54, 1.807) is 16.4 Å². The highest BCUT2D eigenvalue weighted by Gasteiger charge is 2.27. The van der Waals surface area contributed by atoms with E-state index in [0.717, 1.165) is 18.0 Å². The Hall–Kier alpha value is -1.09. The zero-order valence-electron chi connectivity index (χ0n) is 8.63. The molecule has 5 nitrogen and oxygen atoms in total. The molecule has 2 rings (SSSR count). The maximum atomic E-state index is 9.04. The molecule has 2 unspecified atom stereocenters. The number of rotatable bonds is 2. The molecule has 1 aliphatic rings. The number of tetrazole rings is 1. The Bertz CT molecular complexity index is 369. The van der Waals surface area contributed by atoms with Crippen LogP contribution in [0.15, 0.2) is 5.16 Å². The van der Waals surface area contributed by atoms with Crippen molar-refractivity contribution in [3.8, 4) is 6.07 Å². The van der Waals surface area contributed by atoms with Gasteiger partial charge in [0, 0.05) is 12.3 Å². The van der Waals surface area contributed by atoms with Crippen LogP contribution in [0.5, 0.6) is 0 Å². The van der Waals surface area contributed by atoms with Gasteiger partial charge in [-0.3, -0.25) is 0 Å². The summed E-state index contributed by atoms with van der Waals surface area (Å²) in [5, 5.41) is 21.5. The van der Waals surface area contributed by atoms with Gasteiger partial charge in [0.1, 0.15) is 0 Å². The van der Waals surface area contributed by atoms with E-state index < -0.39 is 0 Å². The van der Waals surface area contributed by atoms with Crippen LogP contribution in [0.3, 0.4) is 0 Å². The van der Waals surface area contributed by atoms with E-state index in [-0.39, 0.29) is 5.92 Å². The monoisotopic (exact) mass is 223 g/mol. The molecule has 1 aromatic rings. The van der Waals surface area contributed by atoms with Crippen molar-refractivity contribution in [3.63, 3.8) is 0 Å². The summed E-state index contributed by atoms with van der Waals surface area (Å²) in [5.41, 5.74) is 0. The molecule has 0 N–H and O–H groups in total. The molecule has 1 aromatic heterocycles. The molecule has 1 heterocycles. The van der Waals surface area contributed by atoms with Crippen LogP contribution in [0, 0.1) is 17.2 Å². The van der Waals surface area contributed by atoms with Gasteiger partial charge in [0.15, 0.2) is 0 Å². The molecule has 0 aromatic carbocycles. The fourth-order valence-corrected chi connectivity index (χ4v) is 3.03. The standard InChI is InChI=1S/C9H13N5S/c1-14-9(11-12-13-14)15-8-5-3-2-4-7(8)6-10/h7-8H,2-5H2,1H3. The molecule has 0 amide bonds. The summed E-state index contributed by atoms with van der Waals surface area (Å²) in [6.07, 6.45) is 4.49. The molecular weight excluding hydrogens is 210 g/mol. The predicted molar refractivity (Wildman–Crippen MR) is 56.0 cm³/mol. The van der Waals surface area contributed by atoms with Crippen LogP contribution in [0.4, 0.5) is 0 Å². The van der Waals surface area contributed by atoms with E-state index >= 15 is 0 Å². The van der Waals surface area contributed by atoms with Crippen molar-refractivity contribution >= 4 is 11.8 Å². The first-order chi connectivity index (χ1) is 7.31. The summed E-state index contributed by atoms with van der Waals surface area (Å²) in [4.78, 5) is 0. The molecule has 0 bridgehead atoms. The molecular formula is C9H13N5S. The highest BCUT2D eigenvalue weighted by atomic mass is 32.2. The van der Waals surface area contributed by atoms with Gasteiger partial charge in [0.05, 0.1) is 12.0 Å². The van der Waals surface area contributed by atoms with Crippen LogP contribution in [-0.4, -0.2) is 25.5 Å². The Morgan fingerprint density at radius 3 is 2.93 bits per heavy atom. The SMILES string of the molecule is Cn1nnnc1SC1CCCCC1C#N. The number of nitrogens with zero attached hydrogens (tertiary/aromatic N) is 5. The van der Waals surface area contributed by atoms with Gasteiger partial charge < -0.3 is 0 Å². The Kier molecular flexibility index (Phi) is 3.21. The van der Waals surface area contributed by atoms with Gasteiger partial charge in [0.2, 0.25) is 5.16 Å². The van der Waals surface area contributed by atoms with Gasteiger partial charge in [-0.05, 0) is 23.3 Å². The second kappa shape index (κ2) is 4.62. The molecule has 15 heavy (non-hydrogen) atoms. The van der Waals surface area contributed by atoms with Crippen molar-refractivity contribution in [1.29, 1.82) is 5.26 Å². The molecule has 6 heteroatoms. The van der Waals surface area contributed by atoms with Gasteiger partial charge >= 0.3 is 0 Å². The molecule has 0 saturated heterocycles. The molecule has 1 aliphatic carbocycles. The average Bonchev–Trinajstić information content (AvgIpc) is 2.65. The van der Waals surface area contributed by atoms with Crippen LogP contribution < -0.4 is 0 Å². The summed E-state index contributed by atoms with van der Waals surface area (Å²) in [6, 6.07) is 2.39. The molecule has 0 radical (unpaired) electrons. The summed E-state index contributed by atoms with van der Waals surface area (Å²) < 4.78 is 1.66. The van der Waals surface area contributed by atoms with Crippen LogP contribution in [0.2, 0.25) is 0 Å². The summed E-state index contributed by atoms with van der Waals surface area (Å²) in [5.74, 6) is 0.153. The van der Waals surface area contributed by atoms with E-state index in [4.69, 9.17) is 5.26 Å². The third-order valence-electron chi connectivity index (χ3n) is 2.71. The van der Waals surface area contributed by atoms with Crippen LogP contribution in [-0.2, 0) is 7.05 Å². The lowest BCUT2D eigenvalue weighted by molar-refractivity contribution is 0.438. The molecule has 2 atom stereocenters. The lowest BCUT2D eigenvalue weighted by Crippen LogP contribution is -2.20. The molecule has 1 fully saturated rings. The van der Waals surface area contributed by atoms with E-state index in [0.29, 0.717) is 5.25 Å². The van der Waals surface area contributed by atoms with Crippen molar-refractivity contribution < 1.29 is 0 Å². The third kappa shape index (κ3) is 2.29. The van der Waals surface area contributed by atoms with Gasteiger partial charge in [-0.1, -0.05) is 24.6 Å². The zero-order valence-corrected chi connectivity index (χ0v) is 9.44. The quantitative estimate of drug-likeness (QED) is 0.757. The lowest BCUT2D eigenvalue weighted by Gasteiger charge is -2.25. The first kappa shape index (κ1) is 10.4. The Balaban J connectivity index is 2.04. The van der Waals surface area contributed by atoms with Gasteiger partial charge in [-0.2, -0.15) is 5.26 Å². The van der Waals surface area contributed by atoms with Crippen LogP contribution in [0.25, 0.3) is 0 Å². The van der Waals surface area contributed by atoms with Gasteiger partial charge in [0.25, 0.3) is 0 Å². The largest absolute Gasteiger partial charge is 0.224 e. The number of aryl methyl sites for hydroxylation is 1. The number of nitriles is 1. The molecule has 0 aliphatic heterocycles. The fraction of sp³-hybridized carbons (Fsp3) is 0.778. The van der Waals surface area contributed by atoms with E-state index in [2.05, 4.69) is 21.6 Å². The second-order valence-electron chi connectivity index (χ2n) is 3.76. The van der Waals surface area contributed by atoms with Crippen molar-refractivity contribution in [3.05, 3.63) is 0 Å². The molecule has 1 saturated carbocycles. The second-order valence-corrected chi connectivity index (χ2v) is 4.97. The number of thioether (sulfide) groups is 1. The first-order valence-corrected chi connectivity index (χ1v) is 5.98. The van der Waals surface area contributed by atoms with Crippen molar-refractivity contribution in [2.75, 3.05) is 0 Å². The Morgan fingerprint density at radius 1 is 1.47 bits per heavy atom. The van der Waals surface area contributed by atoms with Crippen LogP contribution >= 0.6 is 11.8 Å². The molecule has 80 valence electrons. The van der Waals surface area contributed by atoms with E-state index in [1.165, 1.54) is 12.8 Å². The van der Waals surface area contributed by atoms with E-state index in [1.807, 2.05) is 7.05 Å². The van der Waals surface area contributed by atoms with Crippen LogP contribution in [0.1, 0.15) is 25.7 Å². The fourth-order valence-electron chi connectivity index (χ4n) is 1.84. The molecule has 0 spiro atoms.